The predicted octanol–water partition coefficient (Wildman–Crippen LogP) is 4.96. The van der Waals surface area contributed by atoms with Crippen LogP contribution in [-0.4, -0.2) is 9.97 Å². The smallest absolute Gasteiger partial charge is 0.103 e. The fourth-order valence-electron chi connectivity index (χ4n) is 2.45. The molecule has 0 spiro atoms. The Labute approximate surface area is 113 Å². The van der Waals surface area contributed by atoms with Crippen molar-refractivity contribution in [2.75, 3.05) is 0 Å². The van der Waals surface area contributed by atoms with E-state index >= 15 is 0 Å². The van der Waals surface area contributed by atoms with Crippen LogP contribution < -0.4 is 0 Å². The molecule has 2 nitrogen and oxygen atoms in total. The Bertz CT molecular complexity index is 285. The lowest BCUT2D eigenvalue weighted by atomic mass is 10.1. The fourth-order valence-corrected chi connectivity index (χ4v) is 2.45. The molecule has 104 valence electrons. The number of nitrogens with one attached hydrogen (secondary N) is 1. The van der Waals surface area contributed by atoms with Crippen LogP contribution in [-0.2, 0) is 12.8 Å². The summed E-state index contributed by atoms with van der Waals surface area (Å²) in [6.45, 7) is 6.60. The van der Waals surface area contributed by atoms with Gasteiger partial charge in [-0.2, -0.15) is 0 Å². The predicted molar refractivity (Wildman–Crippen MR) is 79.0 cm³/mol. The van der Waals surface area contributed by atoms with Gasteiger partial charge in [0.05, 0.1) is 5.69 Å². The van der Waals surface area contributed by atoms with Crippen molar-refractivity contribution in [3.8, 4) is 0 Å². The summed E-state index contributed by atoms with van der Waals surface area (Å²) in [6, 6.07) is 0. The van der Waals surface area contributed by atoms with Crippen LogP contribution in [0.3, 0.4) is 0 Å². The second kappa shape index (κ2) is 9.18. The van der Waals surface area contributed by atoms with E-state index < -0.39 is 0 Å². The van der Waals surface area contributed by atoms with Crippen LogP contribution in [0.2, 0.25) is 0 Å². The lowest BCUT2D eigenvalue weighted by Gasteiger charge is -2.03. The number of imidazole rings is 1. The summed E-state index contributed by atoms with van der Waals surface area (Å²) in [6.07, 6.45) is 13.0. The molecule has 0 atom stereocenters. The van der Waals surface area contributed by atoms with Crippen molar-refractivity contribution in [1.29, 1.82) is 0 Å². The van der Waals surface area contributed by atoms with E-state index in [2.05, 4.69) is 30.7 Å². The van der Waals surface area contributed by atoms with Crippen LogP contribution >= 0.6 is 0 Å². The summed E-state index contributed by atoms with van der Waals surface area (Å²) in [5, 5.41) is 0. The topological polar surface area (TPSA) is 28.7 Å². The third-order valence-corrected chi connectivity index (χ3v) is 3.53. The van der Waals surface area contributed by atoms with E-state index in [0.29, 0.717) is 0 Å². The summed E-state index contributed by atoms with van der Waals surface area (Å²) in [4.78, 5) is 8.10. The Balaban J connectivity index is 2.36. The normalized spacial score (nSPS) is 11.1. The first-order valence-corrected chi connectivity index (χ1v) is 7.82. The molecule has 1 N–H and O–H groups in total. The molecule has 1 heterocycles. The van der Waals surface area contributed by atoms with Gasteiger partial charge in [0.25, 0.3) is 0 Å². The van der Waals surface area contributed by atoms with Gasteiger partial charge in [-0.25, -0.2) is 4.98 Å². The summed E-state index contributed by atoms with van der Waals surface area (Å²) in [7, 11) is 0. The molecule has 0 fully saturated rings. The van der Waals surface area contributed by atoms with E-state index in [-0.39, 0.29) is 0 Å². The van der Waals surface area contributed by atoms with Crippen molar-refractivity contribution >= 4 is 0 Å². The molecule has 2 heteroatoms. The van der Waals surface area contributed by atoms with E-state index in [4.69, 9.17) is 0 Å². The monoisotopic (exact) mass is 250 g/mol. The van der Waals surface area contributed by atoms with Gasteiger partial charge < -0.3 is 4.98 Å². The number of H-pyrrole nitrogens is 1. The molecule has 0 aliphatic rings. The highest BCUT2D eigenvalue weighted by Crippen LogP contribution is 2.14. The molecule has 0 radical (unpaired) electrons. The molecule has 1 rings (SSSR count). The van der Waals surface area contributed by atoms with Gasteiger partial charge in [-0.3, -0.25) is 0 Å². The first kappa shape index (κ1) is 15.3. The zero-order valence-electron chi connectivity index (χ0n) is 12.5. The van der Waals surface area contributed by atoms with Crippen LogP contribution in [0.25, 0.3) is 0 Å². The number of aryl methyl sites for hydroxylation is 3. The first-order valence-electron chi connectivity index (χ1n) is 7.82. The highest BCUT2D eigenvalue weighted by Gasteiger charge is 2.07. The van der Waals surface area contributed by atoms with E-state index in [1.165, 1.54) is 69.2 Å². The Kier molecular flexibility index (Phi) is 7.79. The Morgan fingerprint density at radius 3 is 2.06 bits per heavy atom. The number of nitrogens with zero attached hydrogens (tertiary/aromatic N) is 1. The third kappa shape index (κ3) is 5.70. The molecule has 1 aromatic rings. The van der Waals surface area contributed by atoms with E-state index in [1.54, 1.807) is 0 Å². The number of hydrogen-bond acceptors (Lipinski definition) is 1. The Morgan fingerprint density at radius 1 is 0.833 bits per heavy atom. The van der Waals surface area contributed by atoms with E-state index in [1.807, 2.05) is 0 Å². The first-order chi connectivity index (χ1) is 8.77. The number of hydrogen-bond donors (Lipinski definition) is 1. The number of aromatic amines is 1. The van der Waals surface area contributed by atoms with Gasteiger partial charge in [-0.15, -0.1) is 0 Å². The number of rotatable bonds is 10. The number of aromatic nitrogens is 2. The van der Waals surface area contributed by atoms with E-state index in [0.717, 1.165) is 12.2 Å². The van der Waals surface area contributed by atoms with Gasteiger partial charge in [0, 0.05) is 5.69 Å². The lowest BCUT2D eigenvalue weighted by Crippen LogP contribution is -1.94. The molecular formula is C16H30N2. The maximum absolute atomic E-state index is 4.65. The van der Waals surface area contributed by atoms with Crippen molar-refractivity contribution < 1.29 is 0 Å². The molecule has 18 heavy (non-hydrogen) atoms. The van der Waals surface area contributed by atoms with Crippen LogP contribution in [0.5, 0.6) is 0 Å². The van der Waals surface area contributed by atoms with Crippen LogP contribution in [0.1, 0.15) is 82.4 Å². The van der Waals surface area contributed by atoms with Crippen LogP contribution in [0, 0.1) is 6.92 Å². The van der Waals surface area contributed by atoms with Gasteiger partial charge in [0.1, 0.15) is 5.82 Å². The summed E-state index contributed by atoms with van der Waals surface area (Å²) in [5.74, 6) is 1.09. The zero-order valence-corrected chi connectivity index (χ0v) is 12.5. The highest BCUT2D eigenvalue weighted by molar-refractivity contribution is 5.14. The van der Waals surface area contributed by atoms with Crippen molar-refractivity contribution in [3.05, 3.63) is 17.2 Å². The highest BCUT2D eigenvalue weighted by atomic mass is 14.9. The van der Waals surface area contributed by atoms with E-state index in [9.17, 15) is 0 Å². The minimum Gasteiger partial charge on any atom is -0.346 e. The summed E-state index contributed by atoms with van der Waals surface area (Å²) < 4.78 is 0. The average molecular weight is 250 g/mol. The molecule has 0 saturated carbocycles. The Morgan fingerprint density at radius 2 is 1.44 bits per heavy atom. The van der Waals surface area contributed by atoms with Gasteiger partial charge in [-0.05, 0) is 32.6 Å². The molecule has 0 aliphatic carbocycles. The third-order valence-electron chi connectivity index (χ3n) is 3.53. The summed E-state index contributed by atoms with van der Waals surface area (Å²) >= 11 is 0. The maximum atomic E-state index is 4.65. The van der Waals surface area contributed by atoms with Gasteiger partial charge in [0.2, 0.25) is 0 Å². The molecule has 0 unspecified atom stereocenters. The molecule has 0 aromatic carbocycles. The van der Waals surface area contributed by atoms with Crippen molar-refractivity contribution in [2.24, 2.45) is 0 Å². The minimum absolute atomic E-state index is 1.09. The summed E-state index contributed by atoms with van der Waals surface area (Å²) in [5.41, 5.74) is 2.74. The second-order valence-corrected chi connectivity index (χ2v) is 5.37. The lowest BCUT2D eigenvalue weighted by molar-refractivity contribution is 0.643. The SMILES string of the molecule is CCCCCCc1nc(C)[nH]c1CCCCCC. The molecule has 1 aromatic heterocycles. The minimum atomic E-state index is 1.09. The van der Waals surface area contributed by atoms with Crippen molar-refractivity contribution in [2.45, 2.75) is 85.0 Å². The van der Waals surface area contributed by atoms with Crippen LogP contribution in [0.15, 0.2) is 0 Å². The van der Waals surface area contributed by atoms with Gasteiger partial charge in [-0.1, -0.05) is 52.4 Å². The molecule has 0 bridgehead atoms. The van der Waals surface area contributed by atoms with Gasteiger partial charge in [0.15, 0.2) is 0 Å². The maximum Gasteiger partial charge on any atom is 0.103 e. The average Bonchev–Trinajstić information content (AvgIpc) is 2.71. The molecular weight excluding hydrogens is 220 g/mol. The number of unbranched alkanes of at least 4 members (excludes halogenated alkanes) is 6. The van der Waals surface area contributed by atoms with Crippen LogP contribution in [0.4, 0.5) is 0 Å². The van der Waals surface area contributed by atoms with Crippen molar-refractivity contribution in [1.82, 2.24) is 9.97 Å². The Hall–Kier alpha value is -0.790. The van der Waals surface area contributed by atoms with Gasteiger partial charge >= 0.3 is 0 Å². The standard InChI is InChI=1S/C16H30N2/c1-4-6-8-10-12-15-16(18-14(3)17-15)13-11-9-7-5-2/h4-13H2,1-3H3,(H,17,18). The second-order valence-electron chi connectivity index (χ2n) is 5.37. The quantitative estimate of drug-likeness (QED) is 0.584. The fraction of sp³-hybridized carbons (Fsp3) is 0.812. The largest absolute Gasteiger partial charge is 0.346 e. The molecule has 0 saturated heterocycles. The van der Waals surface area contributed by atoms with Crippen molar-refractivity contribution in [3.63, 3.8) is 0 Å². The molecule has 0 aliphatic heterocycles. The zero-order chi connectivity index (χ0) is 13.2. The molecule has 0 amide bonds.